The maximum atomic E-state index is 13.2. The van der Waals surface area contributed by atoms with E-state index < -0.39 is 29.9 Å². The number of fused-ring (bicyclic) bond motifs is 1. The number of methoxy groups -OCH3 is 1. The monoisotopic (exact) mass is 556 g/mol. The summed E-state index contributed by atoms with van der Waals surface area (Å²) in [6, 6.07) is 10.8. The topological polar surface area (TPSA) is 119 Å². The summed E-state index contributed by atoms with van der Waals surface area (Å²) in [5, 5.41) is 8.66. The van der Waals surface area contributed by atoms with E-state index in [4.69, 9.17) is 15.0 Å². The van der Waals surface area contributed by atoms with Gasteiger partial charge in [0, 0.05) is 11.3 Å². The van der Waals surface area contributed by atoms with Crippen LogP contribution in [0.4, 0.5) is 29.1 Å². The molecule has 40 heavy (non-hydrogen) atoms. The molecule has 1 aromatic heterocycles. The van der Waals surface area contributed by atoms with E-state index in [0.29, 0.717) is 38.9 Å². The van der Waals surface area contributed by atoms with Gasteiger partial charge in [0.25, 0.3) is 11.8 Å². The van der Waals surface area contributed by atoms with Gasteiger partial charge in [0.15, 0.2) is 17.2 Å². The third-order valence-corrected chi connectivity index (χ3v) is 6.26. The number of nitrogens with one attached hydrogen (secondary N) is 2. The average Bonchev–Trinajstić information content (AvgIpc) is 3.27. The number of nitrogens with two attached hydrogens (primary N) is 1. The molecule has 208 valence electrons. The van der Waals surface area contributed by atoms with E-state index in [1.807, 2.05) is 5.32 Å². The van der Waals surface area contributed by atoms with E-state index in [0.717, 1.165) is 12.5 Å². The molecule has 12 heteroatoms. The Labute approximate surface area is 225 Å². The Morgan fingerprint density at radius 3 is 2.42 bits per heavy atom. The number of aromatic nitrogens is 1. The molecule has 1 atom stereocenters. The molecule has 0 aliphatic rings. The lowest BCUT2D eigenvalue weighted by molar-refractivity contribution is -0.149. The van der Waals surface area contributed by atoms with Gasteiger partial charge in [0.2, 0.25) is 0 Å². The number of anilines is 2. The number of alkyl halides is 3. The molecule has 0 aliphatic carbocycles. The standard InChI is InChI=1S/C28H24F4N4O4/c1-13-11-17(35-26(37)14(2)29)6-8-18(13)19-9-10-21-24(25(33)36-40-21)23(19)16-5-7-20(22(12-16)39-4)27(38)34-15(3)28(30,31)32/h5-12,15H,2H2,1,3-4H3,(H2,33,36)(H,34,38)(H,35,37)/t15-/m1/s1. The Morgan fingerprint density at radius 2 is 1.80 bits per heavy atom. The van der Waals surface area contributed by atoms with Crippen LogP contribution in [0.3, 0.4) is 0 Å². The molecule has 3 aromatic carbocycles. The van der Waals surface area contributed by atoms with Crippen LogP contribution in [0, 0.1) is 6.92 Å². The van der Waals surface area contributed by atoms with Crippen molar-refractivity contribution < 1.29 is 36.4 Å². The zero-order chi connectivity index (χ0) is 29.4. The molecule has 4 rings (SSSR count). The molecule has 2 amide bonds. The first-order valence-corrected chi connectivity index (χ1v) is 11.8. The number of nitrogens with zero attached hydrogens (tertiary/aromatic N) is 1. The smallest absolute Gasteiger partial charge is 0.408 e. The maximum absolute atomic E-state index is 13.2. The molecule has 0 saturated heterocycles. The fourth-order valence-corrected chi connectivity index (χ4v) is 4.22. The fraction of sp³-hybridized carbons (Fsp3) is 0.179. The molecule has 8 nitrogen and oxygen atoms in total. The molecule has 4 aromatic rings. The largest absolute Gasteiger partial charge is 0.496 e. The molecule has 4 N–H and O–H groups in total. The van der Waals surface area contributed by atoms with Crippen LogP contribution in [0.15, 0.2) is 65.5 Å². The van der Waals surface area contributed by atoms with E-state index in [2.05, 4.69) is 17.1 Å². The van der Waals surface area contributed by atoms with E-state index >= 15 is 0 Å². The number of carbonyl (C=O) groups excluding carboxylic acids is 2. The van der Waals surface area contributed by atoms with E-state index in [-0.39, 0.29) is 17.1 Å². The van der Waals surface area contributed by atoms with Crippen LogP contribution in [0.2, 0.25) is 0 Å². The number of amides is 2. The minimum atomic E-state index is -4.62. The number of ether oxygens (including phenoxy) is 1. The highest BCUT2D eigenvalue weighted by Crippen LogP contribution is 2.43. The van der Waals surface area contributed by atoms with Crippen LogP contribution < -0.4 is 21.1 Å². The van der Waals surface area contributed by atoms with Gasteiger partial charge in [-0.05, 0) is 72.5 Å². The Balaban J connectivity index is 1.84. The lowest BCUT2D eigenvalue weighted by Crippen LogP contribution is -2.43. The van der Waals surface area contributed by atoms with Crippen molar-refractivity contribution in [3.8, 4) is 28.0 Å². The van der Waals surface area contributed by atoms with Crippen LogP contribution in [0.25, 0.3) is 33.2 Å². The SMILES string of the molecule is C=C(F)C(=O)Nc1ccc(-c2ccc3onc(N)c3c2-c2ccc(C(=O)N[C@H](C)C(F)(F)F)c(OC)c2)c(C)c1. The summed E-state index contributed by atoms with van der Waals surface area (Å²) in [5.74, 6) is -2.93. The first-order valence-electron chi connectivity index (χ1n) is 11.8. The van der Waals surface area contributed by atoms with Gasteiger partial charge in [-0.2, -0.15) is 13.2 Å². The zero-order valence-corrected chi connectivity index (χ0v) is 21.6. The highest BCUT2D eigenvalue weighted by atomic mass is 19.4. The minimum absolute atomic E-state index is 0.0311. The number of nitrogen functional groups attached to an aromatic ring is 1. The summed E-state index contributed by atoms with van der Waals surface area (Å²) in [7, 11) is 1.29. The lowest BCUT2D eigenvalue weighted by Gasteiger charge is -2.19. The summed E-state index contributed by atoms with van der Waals surface area (Å²) in [4.78, 5) is 24.3. The average molecular weight is 557 g/mol. The van der Waals surface area contributed by atoms with Gasteiger partial charge in [-0.3, -0.25) is 9.59 Å². The van der Waals surface area contributed by atoms with Crippen LogP contribution in [-0.2, 0) is 4.79 Å². The predicted molar refractivity (Wildman–Crippen MR) is 142 cm³/mol. The van der Waals surface area contributed by atoms with Crippen molar-refractivity contribution in [3.63, 3.8) is 0 Å². The first kappa shape index (κ1) is 28.1. The zero-order valence-electron chi connectivity index (χ0n) is 21.6. The van der Waals surface area contributed by atoms with Crippen LogP contribution in [0.1, 0.15) is 22.8 Å². The van der Waals surface area contributed by atoms with Gasteiger partial charge in [-0.25, -0.2) is 4.39 Å². The number of benzene rings is 3. The van der Waals surface area contributed by atoms with Gasteiger partial charge in [-0.1, -0.05) is 23.9 Å². The minimum Gasteiger partial charge on any atom is -0.496 e. The second kappa shape index (κ2) is 10.7. The van der Waals surface area contributed by atoms with Crippen LogP contribution in [0.5, 0.6) is 5.75 Å². The molecule has 0 saturated carbocycles. The molecular weight excluding hydrogens is 532 g/mol. The molecule has 0 spiro atoms. The third-order valence-electron chi connectivity index (χ3n) is 6.26. The van der Waals surface area contributed by atoms with E-state index in [9.17, 15) is 27.2 Å². The summed E-state index contributed by atoms with van der Waals surface area (Å²) < 4.78 is 62.9. The summed E-state index contributed by atoms with van der Waals surface area (Å²) >= 11 is 0. The first-order chi connectivity index (χ1) is 18.8. The quantitative estimate of drug-likeness (QED) is 0.185. The van der Waals surface area contributed by atoms with Crippen molar-refractivity contribution in [3.05, 3.63) is 72.1 Å². The number of rotatable bonds is 7. The number of halogens is 4. The second-order valence-electron chi connectivity index (χ2n) is 8.97. The van der Waals surface area contributed by atoms with Crippen molar-refractivity contribution >= 4 is 34.3 Å². The van der Waals surface area contributed by atoms with Gasteiger partial charge in [0.05, 0.1) is 18.1 Å². The number of hydrogen-bond acceptors (Lipinski definition) is 6. The van der Waals surface area contributed by atoms with Crippen molar-refractivity contribution in [2.45, 2.75) is 26.1 Å². The molecule has 0 radical (unpaired) electrons. The van der Waals surface area contributed by atoms with Crippen molar-refractivity contribution in [2.75, 3.05) is 18.2 Å². The Hall–Kier alpha value is -4.87. The van der Waals surface area contributed by atoms with Crippen molar-refractivity contribution in [2.24, 2.45) is 0 Å². The van der Waals surface area contributed by atoms with E-state index in [1.54, 1.807) is 43.3 Å². The van der Waals surface area contributed by atoms with Gasteiger partial charge >= 0.3 is 6.18 Å². The Morgan fingerprint density at radius 1 is 1.10 bits per heavy atom. The van der Waals surface area contributed by atoms with Crippen LogP contribution >= 0.6 is 0 Å². The summed E-state index contributed by atoms with van der Waals surface area (Å²) in [6.45, 7) is 5.61. The molecule has 0 fully saturated rings. The predicted octanol–water partition coefficient (Wildman–Crippen LogP) is 6.16. The molecule has 0 unspecified atom stereocenters. The van der Waals surface area contributed by atoms with Gasteiger partial charge in [-0.15, -0.1) is 0 Å². The Kier molecular flexibility index (Phi) is 7.54. The van der Waals surface area contributed by atoms with Gasteiger partial charge < -0.3 is 25.6 Å². The van der Waals surface area contributed by atoms with Crippen molar-refractivity contribution in [1.82, 2.24) is 10.5 Å². The number of hydrogen-bond donors (Lipinski definition) is 3. The maximum Gasteiger partial charge on any atom is 0.408 e. The van der Waals surface area contributed by atoms with Crippen LogP contribution in [-0.4, -0.2) is 36.3 Å². The number of aryl methyl sites for hydroxylation is 1. The summed E-state index contributed by atoms with van der Waals surface area (Å²) in [5.41, 5.74) is 9.94. The lowest BCUT2D eigenvalue weighted by atomic mass is 9.89. The normalized spacial score (nSPS) is 12.2. The Bertz CT molecular complexity index is 1650. The van der Waals surface area contributed by atoms with E-state index in [1.165, 1.54) is 19.2 Å². The highest BCUT2D eigenvalue weighted by molar-refractivity contribution is 6.08. The highest BCUT2D eigenvalue weighted by Gasteiger charge is 2.37. The molecule has 1 heterocycles. The molecule has 0 aliphatic heterocycles. The molecule has 0 bridgehead atoms. The number of carbonyl (C=O) groups is 2. The van der Waals surface area contributed by atoms with Crippen molar-refractivity contribution in [1.29, 1.82) is 0 Å². The fourth-order valence-electron chi connectivity index (χ4n) is 4.22. The summed E-state index contributed by atoms with van der Waals surface area (Å²) in [6.07, 6.45) is -4.62. The van der Waals surface area contributed by atoms with Gasteiger partial charge in [0.1, 0.15) is 11.8 Å². The second-order valence-corrected chi connectivity index (χ2v) is 8.97. The molecular formula is C28H24F4N4O4. The third kappa shape index (κ3) is 5.46.